The Bertz CT molecular complexity index is 1340. The normalized spacial score (nSPS) is 18.9. The first-order valence-corrected chi connectivity index (χ1v) is 31.8. The smallest absolute Gasteiger partial charge is 0.305 e. The zero-order valence-corrected chi connectivity index (χ0v) is 48.5. The Labute approximate surface area is 460 Å². The largest absolute Gasteiger partial charge is 0.466 e. The van der Waals surface area contributed by atoms with E-state index < -0.39 is 49.5 Å². The molecule has 75 heavy (non-hydrogen) atoms. The number of hydrogen-bond donors (Lipinski definition) is 6. The van der Waals surface area contributed by atoms with Crippen molar-refractivity contribution in [1.29, 1.82) is 0 Å². The minimum atomic E-state index is -1.58. The molecule has 6 N–H and O–H groups in total. The molecule has 7 unspecified atom stereocenters. The monoisotopic (exact) mass is 1060 g/mol. The van der Waals surface area contributed by atoms with E-state index >= 15 is 0 Å². The van der Waals surface area contributed by atoms with Gasteiger partial charge in [0.15, 0.2) is 6.29 Å². The average molecular weight is 1060 g/mol. The second-order valence-corrected chi connectivity index (χ2v) is 22.1. The van der Waals surface area contributed by atoms with Crippen LogP contribution >= 0.6 is 0 Å². The summed E-state index contributed by atoms with van der Waals surface area (Å²) in [5.41, 5.74) is 0. The maximum absolute atomic E-state index is 13.0. The van der Waals surface area contributed by atoms with Gasteiger partial charge in [-0.3, -0.25) is 9.59 Å². The Morgan fingerprint density at radius 3 is 1.32 bits per heavy atom. The summed E-state index contributed by atoms with van der Waals surface area (Å²) in [6, 6.07) is -0.834. The molecule has 0 saturated carbocycles. The van der Waals surface area contributed by atoms with Crippen molar-refractivity contribution in [3.63, 3.8) is 0 Å². The van der Waals surface area contributed by atoms with Crippen LogP contribution in [0.3, 0.4) is 0 Å². The van der Waals surface area contributed by atoms with Gasteiger partial charge in [0.25, 0.3) is 0 Å². The lowest BCUT2D eigenvalue weighted by atomic mass is 9.99. The molecular formula is C64H119NO10. The number of hydrogen-bond acceptors (Lipinski definition) is 10. The van der Waals surface area contributed by atoms with Crippen LogP contribution in [0.5, 0.6) is 0 Å². The highest BCUT2D eigenvalue weighted by atomic mass is 16.7. The summed E-state index contributed by atoms with van der Waals surface area (Å²) in [6.07, 6.45) is 56.8. The van der Waals surface area contributed by atoms with Crippen LogP contribution in [0.1, 0.15) is 296 Å². The molecule has 0 aromatic carbocycles. The Morgan fingerprint density at radius 2 is 0.867 bits per heavy atom. The van der Waals surface area contributed by atoms with E-state index in [2.05, 4.69) is 43.5 Å². The highest BCUT2D eigenvalue weighted by Crippen LogP contribution is 2.23. The molecule has 11 nitrogen and oxygen atoms in total. The van der Waals surface area contributed by atoms with Gasteiger partial charge < -0.3 is 45.1 Å². The van der Waals surface area contributed by atoms with Crippen LogP contribution in [-0.2, 0) is 23.8 Å². The molecule has 0 spiro atoms. The van der Waals surface area contributed by atoms with Gasteiger partial charge in [-0.15, -0.1) is 0 Å². The first-order chi connectivity index (χ1) is 36.7. The van der Waals surface area contributed by atoms with Crippen LogP contribution in [0, 0.1) is 0 Å². The fraction of sp³-hybridized carbons (Fsp3) is 0.875. The fourth-order valence-electron chi connectivity index (χ4n) is 9.94. The van der Waals surface area contributed by atoms with E-state index in [1.807, 2.05) is 6.08 Å². The van der Waals surface area contributed by atoms with Gasteiger partial charge in [0.05, 0.1) is 32.0 Å². The molecule has 0 bridgehead atoms. The third kappa shape index (κ3) is 43.4. The molecule has 1 aliphatic heterocycles. The van der Waals surface area contributed by atoms with E-state index in [0.29, 0.717) is 19.4 Å². The SMILES string of the molecule is CCCCC/C=C/CC/C=C/CC/C=C/C(O)C(COC1OC(CO)C(O)C(O)C1O)NC(=O)CCCCCCCCCCCCCCCCCCCCCCCCCOC(=O)CCCCCCCCCCCCC. The second kappa shape index (κ2) is 53.9. The van der Waals surface area contributed by atoms with E-state index in [-0.39, 0.29) is 18.5 Å². The number of aliphatic hydroxyl groups excluding tert-OH is 5. The van der Waals surface area contributed by atoms with Crippen LogP contribution < -0.4 is 5.32 Å². The number of aliphatic hydroxyl groups is 5. The molecule has 440 valence electrons. The van der Waals surface area contributed by atoms with Crippen molar-refractivity contribution in [1.82, 2.24) is 5.32 Å². The van der Waals surface area contributed by atoms with Gasteiger partial charge in [-0.1, -0.05) is 262 Å². The summed E-state index contributed by atoms with van der Waals surface area (Å²) >= 11 is 0. The van der Waals surface area contributed by atoms with E-state index in [4.69, 9.17) is 14.2 Å². The van der Waals surface area contributed by atoms with Crippen molar-refractivity contribution in [2.45, 2.75) is 339 Å². The maximum atomic E-state index is 13.0. The van der Waals surface area contributed by atoms with Gasteiger partial charge in [0, 0.05) is 12.8 Å². The molecule has 1 saturated heterocycles. The summed E-state index contributed by atoms with van der Waals surface area (Å²) in [6.45, 7) is 4.30. The molecule has 0 aliphatic carbocycles. The maximum Gasteiger partial charge on any atom is 0.305 e. The van der Waals surface area contributed by atoms with E-state index in [1.54, 1.807) is 6.08 Å². The van der Waals surface area contributed by atoms with Crippen molar-refractivity contribution < 1.29 is 49.3 Å². The molecule has 1 amide bonds. The number of amides is 1. The number of unbranched alkanes of at least 4 members (excludes halogenated alkanes) is 37. The highest BCUT2D eigenvalue weighted by molar-refractivity contribution is 5.76. The van der Waals surface area contributed by atoms with Gasteiger partial charge in [-0.2, -0.15) is 0 Å². The molecular weight excluding hydrogens is 943 g/mol. The lowest BCUT2D eigenvalue weighted by Gasteiger charge is -2.40. The Kier molecular flexibility index (Phi) is 50.9. The van der Waals surface area contributed by atoms with Crippen LogP contribution in [-0.4, -0.2) is 100 Å². The van der Waals surface area contributed by atoms with Crippen LogP contribution in [0.15, 0.2) is 36.5 Å². The number of rotatable bonds is 55. The Balaban J connectivity index is 2.04. The summed E-state index contributed by atoms with van der Waals surface area (Å²) < 4.78 is 16.7. The number of esters is 1. The predicted octanol–water partition coefficient (Wildman–Crippen LogP) is 15.1. The quantitative estimate of drug-likeness (QED) is 0.0195. The summed E-state index contributed by atoms with van der Waals surface area (Å²) in [5, 5.41) is 54.4. The third-order valence-corrected chi connectivity index (χ3v) is 15.0. The second-order valence-electron chi connectivity index (χ2n) is 22.1. The molecule has 1 rings (SSSR count). The Hall–Kier alpha value is -2.12. The van der Waals surface area contributed by atoms with Crippen molar-refractivity contribution >= 4 is 11.9 Å². The average Bonchev–Trinajstić information content (AvgIpc) is 3.41. The molecule has 11 heteroatoms. The summed E-state index contributed by atoms with van der Waals surface area (Å²) in [7, 11) is 0. The number of nitrogens with one attached hydrogen (secondary N) is 1. The first kappa shape index (κ1) is 70.9. The topological polar surface area (TPSA) is 175 Å². The standard InChI is InChI=1S/C64H119NO10/c1-3-5-7-9-11-13-15-27-31-34-38-42-46-50-57(67)56(55-74-64-63(72)62(71)61(70)58(54-66)75-64)65-59(68)51-47-43-39-35-32-28-25-23-21-19-17-16-18-20-22-24-26-29-33-37-41-45-49-53-73-60(69)52-48-44-40-36-30-14-12-10-8-6-4-2/h11,13,31,34,46,50,56-58,61-64,66-67,70-72H,3-10,12,14-30,32-33,35-45,47-49,51-55H2,1-2H3,(H,65,68)/b13-11+,34-31+,50-46+. The Morgan fingerprint density at radius 1 is 0.480 bits per heavy atom. The van der Waals surface area contributed by atoms with Crippen LogP contribution in [0.4, 0.5) is 0 Å². The van der Waals surface area contributed by atoms with Crippen molar-refractivity contribution in [2.24, 2.45) is 0 Å². The first-order valence-electron chi connectivity index (χ1n) is 31.8. The predicted molar refractivity (Wildman–Crippen MR) is 311 cm³/mol. The molecule has 1 fully saturated rings. The molecule has 7 atom stereocenters. The lowest BCUT2D eigenvalue weighted by molar-refractivity contribution is -0.302. The summed E-state index contributed by atoms with van der Waals surface area (Å²) in [4.78, 5) is 25.1. The molecule has 0 aromatic heterocycles. The van der Waals surface area contributed by atoms with Gasteiger partial charge in [0.2, 0.25) is 5.91 Å². The molecule has 0 radical (unpaired) electrons. The van der Waals surface area contributed by atoms with Crippen molar-refractivity contribution in [3.05, 3.63) is 36.5 Å². The number of carbonyl (C=O) groups excluding carboxylic acids is 2. The van der Waals surface area contributed by atoms with E-state index in [9.17, 15) is 35.1 Å². The van der Waals surface area contributed by atoms with E-state index in [0.717, 1.165) is 70.6 Å². The molecule has 0 aromatic rings. The number of ether oxygens (including phenoxy) is 3. The van der Waals surface area contributed by atoms with Crippen molar-refractivity contribution in [2.75, 3.05) is 19.8 Å². The van der Waals surface area contributed by atoms with Gasteiger partial charge in [-0.05, 0) is 57.8 Å². The highest BCUT2D eigenvalue weighted by Gasteiger charge is 2.44. The minimum Gasteiger partial charge on any atom is -0.466 e. The molecule has 1 aliphatic rings. The van der Waals surface area contributed by atoms with Crippen LogP contribution in [0.25, 0.3) is 0 Å². The van der Waals surface area contributed by atoms with Gasteiger partial charge >= 0.3 is 5.97 Å². The zero-order chi connectivity index (χ0) is 54.5. The lowest BCUT2D eigenvalue weighted by Crippen LogP contribution is -2.60. The summed E-state index contributed by atoms with van der Waals surface area (Å²) in [5.74, 6) is -0.194. The van der Waals surface area contributed by atoms with E-state index in [1.165, 1.54) is 199 Å². The molecule has 1 heterocycles. The fourth-order valence-corrected chi connectivity index (χ4v) is 9.94. The van der Waals surface area contributed by atoms with Crippen molar-refractivity contribution in [3.8, 4) is 0 Å². The van der Waals surface area contributed by atoms with Gasteiger partial charge in [-0.25, -0.2) is 0 Å². The third-order valence-electron chi connectivity index (χ3n) is 15.0. The van der Waals surface area contributed by atoms with Crippen LogP contribution in [0.2, 0.25) is 0 Å². The number of allylic oxidation sites excluding steroid dienone is 5. The zero-order valence-electron chi connectivity index (χ0n) is 48.5. The number of carbonyl (C=O) groups is 2. The van der Waals surface area contributed by atoms with Gasteiger partial charge in [0.1, 0.15) is 24.4 Å². The minimum absolute atomic E-state index is 0.00164.